The van der Waals surface area contributed by atoms with Crippen LogP contribution < -0.4 is 0 Å². The Hall–Kier alpha value is -0.650. The fourth-order valence-electron chi connectivity index (χ4n) is 1.54. The van der Waals surface area contributed by atoms with Crippen LogP contribution in [-0.2, 0) is 19.0 Å². The van der Waals surface area contributed by atoms with Gasteiger partial charge in [-0.3, -0.25) is 0 Å². The van der Waals surface area contributed by atoms with Crippen molar-refractivity contribution in [3.05, 3.63) is 0 Å². The Bertz CT molecular complexity index is 206. The Morgan fingerprint density at radius 3 is 3.31 bits per heavy atom. The fraction of sp³-hybridized carbons (Fsp3) is 0.875. The molecule has 1 fully saturated rings. The Kier molecular flexibility index (Phi) is 2.77. The van der Waals surface area contributed by atoms with E-state index < -0.39 is 0 Å². The summed E-state index contributed by atoms with van der Waals surface area (Å²) in [6.45, 7) is 2.05. The van der Waals surface area contributed by atoms with Crippen LogP contribution in [0.5, 0.6) is 0 Å². The van der Waals surface area contributed by atoms with Gasteiger partial charge in [-0.2, -0.15) is 0 Å². The van der Waals surface area contributed by atoms with Crippen molar-refractivity contribution >= 4 is 5.71 Å². The first-order chi connectivity index (χ1) is 6.42. The molecule has 1 unspecified atom stereocenters. The molecule has 0 N–H and O–H groups in total. The lowest BCUT2D eigenvalue weighted by Crippen LogP contribution is -2.41. The summed E-state index contributed by atoms with van der Waals surface area (Å²) >= 11 is 0. The van der Waals surface area contributed by atoms with Gasteiger partial charge in [0.1, 0.15) is 13.4 Å². The van der Waals surface area contributed by atoms with E-state index in [9.17, 15) is 0 Å². The first-order valence-corrected chi connectivity index (χ1v) is 4.29. The highest BCUT2D eigenvalue weighted by Crippen LogP contribution is 2.21. The summed E-state index contributed by atoms with van der Waals surface area (Å²) in [4.78, 5) is 4.99. The topological polar surface area (TPSA) is 49.3 Å². The van der Waals surface area contributed by atoms with Crippen LogP contribution >= 0.6 is 0 Å². The second-order valence-electron chi connectivity index (χ2n) is 3.11. The molecule has 13 heavy (non-hydrogen) atoms. The molecule has 0 amide bonds. The Balaban J connectivity index is 1.91. The summed E-state index contributed by atoms with van der Waals surface area (Å²) in [6, 6.07) is 0. The summed E-state index contributed by atoms with van der Waals surface area (Å²) < 4.78 is 15.6. The molecule has 2 rings (SSSR count). The fourth-order valence-corrected chi connectivity index (χ4v) is 1.54. The van der Waals surface area contributed by atoms with E-state index in [0.29, 0.717) is 19.8 Å². The van der Waals surface area contributed by atoms with Crippen LogP contribution in [0, 0.1) is 5.92 Å². The monoisotopic (exact) mass is 187 g/mol. The predicted molar refractivity (Wildman–Crippen MR) is 44.4 cm³/mol. The van der Waals surface area contributed by atoms with Crippen molar-refractivity contribution in [1.29, 1.82) is 0 Å². The smallest absolute Gasteiger partial charge is 0.146 e. The minimum atomic E-state index is 0.0231. The van der Waals surface area contributed by atoms with Crippen molar-refractivity contribution in [2.24, 2.45) is 11.1 Å². The molecule has 74 valence electrons. The van der Waals surface area contributed by atoms with Crippen molar-refractivity contribution in [2.45, 2.75) is 6.10 Å². The van der Waals surface area contributed by atoms with Gasteiger partial charge in [-0.05, 0) is 0 Å². The summed E-state index contributed by atoms with van der Waals surface area (Å²) in [7, 11) is 1.60. The van der Waals surface area contributed by atoms with E-state index in [1.807, 2.05) is 0 Å². The average molecular weight is 187 g/mol. The van der Waals surface area contributed by atoms with Crippen molar-refractivity contribution in [3.8, 4) is 0 Å². The van der Waals surface area contributed by atoms with E-state index in [-0.39, 0.29) is 18.8 Å². The van der Waals surface area contributed by atoms with Gasteiger partial charge in [0.05, 0.1) is 30.9 Å². The number of fused-ring (bicyclic) bond motifs is 1. The second-order valence-corrected chi connectivity index (χ2v) is 3.11. The van der Waals surface area contributed by atoms with Gasteiger partial charge in [0, 0.05) is 7.11 Å². The van der Waals surface area contributed by atoms with E-state index in [1.165, 1.54) is 0 Å². The number of hydrogen-bond donors (Lipinski definition) is 0. The number of ether oxygens (including phenoxy) is 3. The third-order valence-corrected chi connectivity index (χ3v) is 2.24. The van der Waals surface area contributed by atoms with E-state index >= 15 is 0 Å². The van der Waals surface area contributed by atoms with Gasteiger partial charge in [0.15, 0.2) is 0 Å². The molecule has 0 aliphatic carbocycles. The minimum Gasteiger partial charge on any atom is -0.395 e. The van der Waals surface area contributed by atoms with Crippen LogP contribution in [0.4, 0.5) is 0 Å². The molecule has 0 bridgehead atoms. The molecule has 0 aromatic heterocycles. The summed E-state index contributed by atoms with van der Waals surface area (Å²) in [5.41, 5.74) is 0.951. The van der Waals surface area contributed by atoms with E-state index in [2.05, 4.69) is 5.16 Å². The van der Waals surface area contributed by atoms with Gasteiger partial charge in [0.2, 0.25) is 0 Å². The molecule has 2 atom stereocenters. The molecule has 0 radical (unpaired) electrons. The number of hydrogen-bond acceptors (Lipinski definition) is 5. The van der Waals surface area contributed by atoms with Gasteiger partial charge in [0.25, 0.3) is 0 Å². The molecule has 1 saturated heterocycles. The van der Waals surface area contributed by atoms with Gasteiger partial charge < -0.3 is 19.0 Å². The standard InChI is InChI=1S/C8H13NO4/c1-10-5-12-8-4-11-3-7-6(8)2-13-9-7/h6,8H,2-5H2,1H3/t6-,8?/m0/s1. The lowest BCUT2D eigenvalue weighted by Gasteiger charge is -2.27. The maximum Gasteiger partial charge on any atom is 0.146 e. The Labute approximate surface area is 76.6 Å². The second kappa shape index (κ2) is 4.04. The zero-order chi connectivity index (χ0) is 9.10. The highest BCUT2D eigenvalue weighted by atomic mass is 16.7. The van der Waals surface area contributed by atoms with E-state index in [4.69, 9.17) is 19.0 Å². The lowest BCUT2D eigenvalue weighted by atomic mass is 9.97. The molecule has 2 aliphatic heterocycles. The van der Waals surface area contributed by atoms with Crippen molar-refractivity contribution in [2.75, 3.05) is 33.7 Å². The quantitative estimate of drug-likeness (QED) is 0.584. The van der Waals surface area contributed by atoms with Gasteiger partial charge >= 0.3 is 0 Å². The summed E-state index contributed by atoms with van der Waals surface area (Å²) in [5.74, 6) is 0.254. The summed E-state index contributed by atoms with van der Waals surface area (Å²) in [5, 5.41) is 3.89. The van der Waals surface area contributed by atoms with Crippen LogP contribution in [0.1, 0.15) is 0 Å². The van der Waals surface area contributed by atoms with E-state index in [0.717, 1.165) is 5.71 Å². The van der Waals surface area contributed by atoms with Crippen molar-refractivity contribution in [1.82, 2.24) is 0 Å². The average Bonchev–Trinajstić information content (AvgIpc) is 2.62. The maximum absolute atomic E-state index is 5.44. The highest BCUT2D eigenvalue weighted by molar-refractivity contribution is 5.89. The molecular weight excluding hydrogens is 174 g/mol. The van der Waals surface area contributed by atoms with Crippen LogP contribution in [0.2, 0.25) is 0 Å². The molecule has 5 heteroatoms. The molecule has 2 aliphatic rings. The Morgan fingerprint density at radius 1 is 1.54 bits per heavy atom. The molecule has 0 aromatic rings. The SMILES string of the molecule is COCOC1COCC2=NOC[C@@H]21. The molecule has 2 heterocycles. The molecule has 5 nitrogen and oxygen atoms in total. The minimum absolute atomic E-state index is 0.0231. The molecular formula is C8H13NO4. The van der Waals surface area contributed by atoms with Crippen LogP contribution in [0.3, 0.4) is 0 Å². The first-order valence-electron chi connectivity index (χ1n) is 4.29. The lowest BCUT2D eigenvalue weighted by molar-refractivity contribution is -0.116. The first kappa shape index (κ1) is 8.93. The molecule has 0 aromatic carbocycles. The number of methoxy groups -OCH3 is 1. The zero-order valence-corrected chi connectivity index (χ0v) is 7.56. The number of oxime groups is 1. The number of nitrogens with zero attached hydrogens (tertiary/aromatic N) is 1. The van der Waals surface area contributed by atoms with Gasteiger partial charge in [-0.15, -0.1) is 0 Å². The Morgan fingerprint density at radius 2 is 2.46 bits per heavy atom. The predicted octanol–water partition coefficient (Wildman–Crippen LogP) is 0.00810. The zero-order valence-electron chi connectivity index (χ0n) is 7.56. The number of rotatable bonds is 3. The van der Waals surface area contributed by atoms with Crippen LogP contribution in [-0.4, -0.2) is 45.5 Å². The van der Waals surface area contributed by atoms with Gasteiger partial charge in [-0.1, -0.05) is 5.16 Å². The molecule has 0 spiro atoms. The summed E-state index contributed by atoms with van der Waals surface area (Å²) in [6.07, 6.45) is 0.0231. The maximum atomic E-state index is 5.44. The van der Waals surface area contributed by atoms with Crippen LogP contribution in [0.15, 0.2) is 5.16 Å². The third-order valence-electron chi connectivity index (χ3n) is 2.24. The molecule has 0 saturated carbocycles. The van der Waals surface area contributed by atoms with Crippen LogP contribution in [0.25, 0.3) is 0 Å². The van der Waals surface area contributed by atoms with Gasteiger partial charge in [-0.25, -0.2) is 0 Å². The highest BCUT2D eigenvalue weighted by Gasteiger charge is 2.36. The largest absolute Gasteiger partial charge is 0.395 e. The third kappa shape index (κ3) is 1.82. The van der Waals surface area contributed by atoms with Crippen molar-refractivity contribution in [3.63, 3.8) is 0 Å². The van der Waals surface area contributed by atoms with E-state index in [1.54, 1.807) is 7.11 Å². The normalized spacial score (nSPS) is 32.2. The van der Waals surface area contributed by atoms with Crippen molar-refractivity contribution < 1.29 is 19.0 Å².